The van der Waals surface area contributed by atoms with Gasteiger partial charge in [0.05, 0.1) is 5.52 Å². The largest absolute Gasteiger partial charge is 0.384 e. The van der Waals surface area contributed by atoms with E-state index in [2.05, 4.69) is 60.2 Å². The van der Waals surface area contributed by atoms with Crippen molar-refractivity contribution in [2.45, 2.75) is 40.0 Å². The summed E-state index contributed by atoms with van der Waals surface area (Å²) in [5.74, 6) is 0. The summed E-state index contributed by atoms with van der Waals surface area (Å²) in [6.45, 7) is 7.49. The maximum absolute atomic E-state index is 4.79. The first-order valence-corrected chi connectivity index (χ1v) is 7.78. The van der Waals surface area contributed by atoms with E-state index in [1.807, 2.05) is 0 Å². The molecule has 0 saturated heterocycles. The SMILES string of the molecule is CCCNc1cc(CCC)nc2c(Br)cc(C)cc12. The van der Waals surface area contributed by atoms with E-state index in [1.165, 1.54) is 16.6 Å². The predicted molar refractivity (Wildman–Crippen MR) is 87.0 cm³/mol. The van der Waals surface area contributed by atoms with Crippen LogP contribution in [-0.4, -0.2) is 11.5 Å². The van der Waals surface area contributed by atoms with E-state index in [-0.39, 0.29) is 0 Å². The molecule has 2 nitrogen and oxygen atoms in total. The number of fused-ring (bicyclic) bond motifs is 1. The lowest BCUT2D eigenvalue weighted by atomic mass is 10.1. The van der Waals surface area contributed by atoms with Gasteiger partial charge < -0.3 is 5.32 Å². The standard InChI is InChI=1S/C16H21BrN2/c1-4-6-12-10-15(18-7-5-2)13-8-11(3)9-14(17)16(13)19-12/h8-10H,4-7H2,1-3H3,(H,18,19). The Kier molecular flexibility index (Phi) is 4.81. The second-order valence-corrected chi connectivity index (χ2v) is 5.84. The molecule has 0 atom stereocenters. The van der Waals surface area contributed by atoms with Crippen molar-refractivity contribution in [3.63, 3.8) is 0 Å². The molecular formula is C16H21BrN2. The third kappa shape index (κ3) is 3.27. The predicted octanol–water partition coefficient (Wildman–Crippen LogP) is 5.08. The molecule has 3 heteroatoms. The van der Waals surface area contributed by atoms with E-state index in [9.17, 15) is 0 Å². The zero-order chi connectivity index (χ0) is 13.8. The lowest BCUT2D eigenvalue weighted by molar-refractivity contribution is 0.888. The lowest BCUT2D eigenvalue weighted by Gasteiger charge is -2.13. The Hall–Kier alpha value is -1.09. The van der Waals surface area contributed by atoms with Crippen LogP contribution in [0.25, 0.3) is 10.9 Å². The zero-order valence-electron chi connectivity index (χ0n) is 11.9. The molecular weight excluding hydrogens is 300 g/mol. The number of hydrogen-bond acceptors (Lipinski definition) is 2. The van der Waals surface area contributed by atoms with Crippen LogP contribution in [-0.2, 0) is 6.42 Å². The molecule has 0 unspecified atom stereocenters. The number of aromatic nitrogens is 1. The van der Waals surface area contributed by atoms with E-state index >= 15 is 0 Å². The average molecular weight is 321 g/mol. The molecule has 0 amide bonds. The summed E-state index contributed by atoms with van der Waals surface area (Å²) in [6, 6.07) is 6.54. The van der Waals surface area contributed by atoms with Gasteiger partial charge >= 0.3 is 0 Å². The summed E-state index contributed by atoms with van der Waals surface area (Å²) < 4.78 is 1.08. The van der Waals surface area contributed by atoms with Crippen LogP contribution in [0.3, 0.4) is 0 Å². The van der Waals surface area contributed by atoms with Crippen molar-refractivity contribution in [3.8, 4) is 0 Å². The summed E-state index contributed by atoms with van der Waals surface area (Å²) in [4.78, 5) is 4.79. The normalized spacial score (nSPS) is 10.9. The molecule has 0 bridgehead atoms. The van der Waals surface area contributed by atoms with E-state index in [1.54, 1.807) is 0 Å². The van der Waals surface area contributed by atoms with Gasteiger partial charge in [0.2, 0.25) is 0 Å². The number of aryl methyl sites for hydroxylation is 2. The molecule has 0 fully saturated rings. The van der Waals surface area contributed by atoms with Crippen LogP contribution in [0.2, 0.25) is 0 Å². The molecule has 19 heavy (non-hydrogen) atoms. The summed E-state index contributed by atoms with van der Waals surface area (Å²) in [6.07, 6.45) is 3.27. The third-order valence-electron chi connectivity index (χ3n) is 3.14. The van der Waals surface area contributed by atoms with Gasteiger partial charge in [0.1, 0.15) is 0 Å². The highest BCUT2D eigenvalue weighted by Gasteiger charge is 2.09. The topological polar surface area (TPSA) is 24.9 Å². The van der Waals surface area contributed by atoms with Gasteiger partial charge in [0.25, 0.3) is 0 Å². The second kappa shape index (κ2) is 6.38. The maximum atomic E-state index is 4.79. The molecule has 0 radical (unpaired) electrons. The quantitative estimate of drug-likeness (QED) is 0.830. The highest BCUT2D eigenvalue weighted by Crippen LogP contribution is 2.30. The molecule has 2 aromatic rings. The lowest BCUT2D eigenvalue weighted by Crippen LogP contribution is -2.03. The Morgan fingerprint density at radius 3 is 2.63 bits per heavy atom. The van der Waals surface area contributed by atoms with Crippen LogP contribution in [0.4, 0.5) is 5.69 Å². The van der Waals surface area contributed by atoms with Gasteiger partial charge in [-0.2, -0.15) is 0 Å². The number of anilines is 1. The van der Waals surface area contributed by atoms with Crippen LogP contribution in [0, 0.1) is 6.92 Å². The van der Waals surface area contributed by atoms with Gasteiger partial charge in [0, 0.05) is 27.8 Å². The van der Waals surface area contributed by atoms with E-state index < -0.39 is 0 Å². The number of halogens is 1. The van der Waals surface area contributed by atoms with Crippen molar-refractivity contribution in [2.75, 3.05) is 11.9 Å². The van der Waals surface area contributed by atoms with Crippen LogP contribution < -0.4 is 5.32 Å². The van der Waals surface area contributed by atoms with Crippen LogP contribution in [0.15, 0.2) is 22.7 Å². The molecule has 1 aromatic carbocycles. The Balaban J connectivity index is 2.60. The molecule has 1 aromatic heterocycles. The fourth-order valence-electron chi connectivity index (χ4n) is 2.26. The Bertz CT molecular complexity index is 578. The summed E-state index contributed by atoms with van der Waals surface area (Å²) in [5, 5.41) is 4.74. The van der Waals surface area contributed by atoms with Gasteiger partial charge in [0.15, 0.2) is 0 Å². The monoisotopic (exact) mass is 320 g/mol. The fourth-order valence-corrected chi connectivity index (χ4v) is 2.93. The molecule has 1 N–H and O–H groups in total. The highest BCUT2D eigenvalue weighted by atomic mass is 79.9. The van der Waals surface area contributed by atoms with Gasteiger partial charge in [-0.25, -0.2) is 0 Å². The van der Waals surface area contributed by atoms with Crippen molar-refractivity contribution in [2.24, 2.45) is 0 Å². The smallest absolute Gasteiger partial charge is 0.0868 e. The van der Waals surface area contributed by atoms with Gasteiger partial charge in [-0.1, -0.05) is 20.3 Å². The number of nitrogens with zero attached hydrogens (tertiary/aromatic N) is 1. The van der Waals surface area contributed by atoms with Crippen molar-refractivity contribution >= 4 is 32.5 Å². The van der Waals surface area contributed by atoms with Crippen molar-refractivity contribution in [3.05, 3.63) is 33.9 Å². The minimum Gasteiger partial charge on any atom is -0.384 e. The molecule has 0 saturated carbocycles. The van der Waals surface area contributed by atoms with Crippen LogP contribution in [0.5, 0.6) is 0 Å². The number of benzene rings is 1. The third-order valence-corrected chi connectivity index (χ3v) is 3.74. The number of pyridine rings is 1. The van der Waals surface area contributed by atoms with Crippen molar-refractivity contribution in [1.29, 1.82) is 0 Å². The van der Waals surface area contributed by atoms with E-state index in [0.29, 0.717) is 0 Å². The van der Waals surface area contributed by atoms with Gasteiger partial charge in [-0.05, 0) is 59.5 Å². The second-order valence-electron chi connectivity index (χ2n) is 4.98. The molecule has 0 aliphatic heterocycles. The van der Waals surface area contributed by atoms with Crippen molar-refractivity contribution in [1.82, 2.24) is 4.98 Å². The van der Waals surface area contributed by atoms with Gasteiger partial charge in [-0.15, -0.1) is 0 Å². The molecule has 1 heterocycles. The Labute approximate surface area is 123 Å². The first-order valence-electron chi connectivity index (χ1n) is 6.99. The average Bonchev–Trinajstić information content (AvgIpc) is 2.37. The number of rotatable bonds is 5. The number of nitrogens with one attached hydrogen (secondary N) is 1. The molecule has 0 aliphatic rings. The highest BCUT2D eigenvalue weighted by molar-refractivity contribution is 9.10. The zero-order valence-corrected chi connectivity index (χ0v) is 13.5. The van der Waals surface area contributed by atoms with Crippen molar-refractivity contribution < 1.29 is 0 Å². The maximum Gasteiger partial charge on any atom is 0.0868 e. The summed E-state index contributed by atoms with van der Waals surface area (Å²) in [5.41, 5.74) is 4.69. The Morgan fingerprint density at radius 1 is 1.16 bits per heavy atom. The number of hydrogen-bond donors (Lipinski definition) is 1. The van der Waals surface area contributed by atoms with Crippen LogP contribution >= 0.6 is 15.9 Å². The van der Waals surface area contributed by atoms with Gasteiger partial charge in [-0.3, -0.25) is 4.98 Å². The first-order chi connectivity index (χ1) is 9.15. The minimum atomic E-state index is 0.996. The summed E-state index contributed by atoms with van der Waals surface area (Å²) in [7, 11) is 0. The molecule has 2 rings (SSSR count). The molecule has 0 aliphatic carbocycles. The van der Waals surface area contributed by atoms with E-state index in [4.69, 9.17) is 4.98 Å². The minimum absolute atomic E-state index is 0.996. The molecule has 102 valence electrons. The summed E-state index contributed by atoms with van der Waals surface area (Å²) >= 11 is 3.65. The first kappa shape index (κ1) is 14.3. The Morgan fingerprint density at radius 2 is 1.95 bits per heavy atom. The van der Waals surface area contributed by atoms with Crippen LogP contribution in [0.1, 0.15) is 37.9 Å². The molecule has 0 spiro atoms. The van der Waals surface area contributed by atoms with E-state index in [0.717, 1.165) is 41.5 Å². The fraction of sp³-hybridized carbons (Fsp3) is 0.438.